The van der Waals surface area contributed by atoms with Crippen LogP contribution in [0.2, 0.25) is 5.02 Å². The summed E-state index contributed by atoms with van der Waals surface area (Å²) in [5.41, 5.74) is 1.22. The zero-order chi connectivity index (χ0) is 14.5. The van der Waals surface area contributed by atoms with Crippen molar-refractivity contribution < 1.29 is 4.74 Å². The van der Waals surface area contributed by atoms with Crippen LogP contribution in [0.15, 0.2) is 46.9 Å². The molecule has 0 heterocycles. The molecule has 0 atom stereocenters. The SMILES string of the molecule is CC(C)NCc1ccc(Oc2ccc(Cl)cc2)c(Br)c1. The monoisotopic (exact) mass is 353 g/mol. The summed E-state index contributed by atoms with van der Waals surface area (Å²) in [5, 5.41) is 4.09. The second-order valence-electron chi connectivity index (χ2n) is 4.86. The molecule has 2 aromatic rings. The van der Waals surface area contributed by atoms with Gasteiger partial charge in [-0.15, -0.1) is 0 Å². The lowest BCUT2D eigenvalue weighted by Crippen LogP contribution is -2.21. The number of nitrogens with one attached hydrogen (secondary N) is 1. The Hall–Kier alpha value is -1.03. The Labute approximate surface area is 133 Å². The van der Waals surface area contributed by atoms with E-state index in [1.165, 1.54) is 5.56 Å². The van der Waals surface area contributed by atoms with E-state index in [0.29, 0.717) is 11.1 Å². The van der Waals surface area contributed by atoms with Gasteiger partial charge >= 0.3 is 0 Å². The number of hydrogen-bond acceptors (Lipinski definition) is 2. The Bertz CT molecular complexity index is 569. The van der Waals surface area contributed by atoms with Crippen molar-refractivity contribution in [2.24, 2.45) is 0 Å². The third-order valence-corrected chi connectivity index (χ3v) is 3.62. The highest BCUT2D eigenvalue weighted by Gasteiger charge is 2.05. The molecule has 106 valence electrons. The van der Waals surface area contributed by atoms with Gasteiger partial charge in [0, 0.05) is 17.6 Å². The van der Waals surface area contributed by atoms with Gasteiger partial charge in [-0.25, -0.2) is 0 Å². The molecular weight excluding hydrogens is 338 g/mol. The van der Waals surface area contributed by atoms with Gasteiger partial charge in [0.15, 0.2) is 0 Å². The molecule has 2 rings (SSSR count). The normalized spacial score (nSPS) is 10.8. The van der Waals surface area contributed by atoms with Gasteiger partial charge in [0.2, 0.25) is 0 Å². The lowest BCUT2D eigenvalue weighted by molar-refractivity contribution is 0.479. The Morgan fingerprint density at radius 1 is 1.15 bits per heavy atom. The predicted octanol–water partition coefficient (Wildman–Crippen LogP) is 5.39. The van der Waals surface area contributed by atoms with E-state index in [0.717, 1.165) is 22.5 Å². The molecule has 1 N–H and O–H groups in total. The number of benzene rings is 2. The van der Waals surface area contributed by atoms with E-state index >= 15 is 0 Å². The molecule has 0 unspecified atom stereocenters. The molecule has 2 aromatic carbocycles. The minimum Gasteiger partial charge on any atom is -0.456 e. The molecule has 0 aromatic heterocycles. The molecule has 4 heteroatoms. The minimum absolute atomic E-state index is 0.471. The van der Waals surface area contributed by atoms with Crippen LogP contribution in [0.3, 0.4) is 0 Å². The van der Waals surface area contributed by atoms with Gasteiger partial charge in [-0.1, -0.05) is 31.5 Å². The zero-order valence-corrected chi connectivity index (χ0v) is 13.8. The number of halogens is 2. The molecule has 2 nitrogen and oxygen atoms in total. The van der Waals surface area contributed by atoms with Crippen molar-refractivity contribution in [1.29, 1.82) is 0 Å². The summed E-state index contributed by atoms with van der Waals surface area (Å²) in [7, 11) is 0. The maximum absolute atomic E-state index is 5.86. The highest BCUT2D eigenvalue weighted by atomic mass is 79.9. The fourth-order valence-corrected chi connectivity index (χ4v) is 2.32. The van der Waals surface area contributed by atoms with Gasteiger partial charge in [0.1, 0.15) is 11.5 Å². The van der Waals surface area contributed by atoms with Crippen molar-refractivity contribution in [3.8, 4) is 11.5 Å². The molecule has 0 bridgehead atoms. The van der Waals surface area contributed by atoms with E-state index in [2.05, 4.69) is 47.2 Å². The van der Waals surface area contributed by atoms with Gasteiger partial charge in [0.25, 0.3) is 0 Å². The van der Waals surface area contributed by atoms with Crippen molar-refractivity contribution in [2.75, 3.05) is 0 Å². The Balaban J connectivity index is 2.07. The first-order valence-electron chi connectivity index (χ1n) is 6.50. The summed E-state index contributed by atoms with van der Waals surface area (Å²) in [5.74, 6) is 1.56. The maximum Gasteiger partial charge on any atom is 0.141 e. The summed E-state index contributed by atoms with van der Waals surface area (Å²) in [6.07, 6.45) is 0. The van der Waals surface area contributed by atoms with Gasteiger partial charge in [-0.05, 0) is 57.9 Å². The highest BCUT2D eigenvalue weighted by molar-refractivity contribution is 9.10. The molecule has 0 saturated heterocycles. The third-order valence-electron chi connectivity index (χ3n) is 2.75. The summed E-state index contributed by atoms with van der Waals surface area (Å²) in [4.78, 5) is 0. The van der Waals surface area contributed by atoms with Gasteiger partial charge in [-0.2, -0.15) is 0 Å². The fourth-order valence-electron chi connectivity index (χ4n) is 1.69. The second kappa shape index (κ2) is 7.11. The van der Waals surface area contributed by atoms with Crippen LogP contribution >= 0.6 is 27.5 Å². The molecular formula is C16H17BrClNO. The molecule has 0 fully saturated rings. The van der Waals surface area contributed by atoms with Crippen molar-refractivity contribution in [3.05, 3.63) is 57.5 Å². The van der Waals surface area contributed by atoms with E-state index in [1.807, 2.05) is 30.3 Å². The highest BCUT2D eigenvalue weighted by Crippen LogP contribution is 2.31. The Kier molecular flexibility index (Phi) is 5.46. The average Bonchev–Trinajstić information content (AvgIpc) is 2.41. The molecule has 0 amide bonds. The Morgan fingerprint density at radius 3 is 2.45 bits per heavy atom. The standard InChI is InChI=1S/C16H17BrClNO/c1-11(2)19-10-12-3-8-16(15(17)9-12)20-14-6-4-13(18)5-7-14/h3-9,11,19H,10H2,1-2H3. The first kappa shape index (κ1) is 15.4. The zero-order valence-electron chi connectivity index (χ0n) is 11.5. The lowest BCUT2D eigenvalue weighted by Gasteiger charge is -2.11. The van der Waals surface area contributed by atoms with Crippen LogP contribution in [-0.4, -0.2) is 6.04 Å². The topological polar surface area (TPSA) is 21.3 Å². The second-order valence-corrected chi connectivity index (χ2v) is 6.15. The maximum atomic E-state index is 5.86. The van der Waals surface area contributed by atoms with Gasteiger partial charge < -0.3 is 10.1 Å². The summed E-state index contributed by atoms with van der Waals surface area (Å²) < 4.78 is 6.76. The number of ether oxygens (including phenoxy) is 1. The molecule has 0 spiro atoms. The van der Waals surface area contributed by atoms with Gasteiger partial charge in [0.05, 0.1) is 4.47 Å². The van der Waals surface area contributed by atoms with E-state index in [-0.39, 0.29) is 0 Å². The minimum atomic E-state index is 0.471. The van der Waals surface area contributed by atoms with Crippen LogP contribution in [0.4, 0.5) is 0 Å². The van der Waals surface area contributed by atoms with Crippen LogP contribution < -0.4 is 10.1 Å². The van der Waals surface area contributed by atoms with E-state index < -0.39 is 0 Å². The molecule has 0 aliphatic carbocycles. The molecule has 0 aliphatic heterocycles. The van der Waals surface area contributed by atoms with Crippen LogP contribution in [0, 0.1) is 0 Å². The van der Waals surface area contributed by atoms with Crippen molar-refractivity contribution in [2.45, 2.75) is 26.4 Å². The number of rotatable bonds is 5. The first-order chi connectivity index (χ1) is 9.54. The van der Waals surface area contributed by atoms with Crippen molar-refractivity contribution in [3.63, 3.8) is 0 Å². The predicted molar refractivity (Wildman–Crippen MR) is 87.6 cm³/mol. The van der Waals surface area contributed by atoms with E-state index in [4.69, 9.17) is 16.3 Å². The fraction of sp³-hybridized carbons (Fsp3) is 0.250. The quantitative estimate of drug-likeness (QED) is 0.777. The third kappa shape index (κ3) is 4.51. The van der Waals surface area contributed by atoms with Crippen LogP contribution in [-0.2, 0) is 6.54 Å². The molecule has 0 radical (unpaired) electrons. The molecule has 0 saturated carbocycles. The van der Waals surface area contributed by atoms with Crippen molar-refractivity contribution >= 4 is 27.5 Å². The first-order valence-corrected chi connectivity index (χ1v) is 7.67. The molecule has 20 heavy (non-hydrogen) atoms. The van der Waals surface area contributed by atoms with Crippen LogP contribution in [0.5, 0.6) is 11.5 Å². The molecule has 0 aliphatic rings. The van der Waals surface area contributed by atoms with Gasteiger partial charge in [-0.3, -0.25) is 0 Å². The average molecular weight is 355 g/mol. The van der Waals surface area contributed by atoms with Crippen LogP contribution in [0.1, 0.15) is 19.4 Å². The summed E-state index contributed by atoms with van der Waals surface area (Å²) in [6.45, 7) is 5.11. The van der Waals surface area contributed by atoms with Crippen LogP contribution in [0.25, 0.3) is 0 Å². The smallest absolute Gasteiger partial charge is 0.141 e. The summed E-state index contributed by atoms with van der Waals surface area (Å²) in [6, 6.07) is 13.9. The summed E-state index contributed by atoms with van der Waals surface area (Å²) >= 11 is 9.40. The van der Waals surface area contributed by atoms with Crippen molar-refractivity contribution in [1.82, 2.24) is 5.32 Å². The lowest BCUT2D eigenvalue weighted by atomic mass is 10.2. The van der Waals surface area contributed by atoms with E-state index in [1.54, 1.807) is 0 Å². The largest absolute Gasteiger partial charge is 0.456 e. The number of hydrogen-bond donors (Lipinski definition) is 1. The van der Waals surface area contributed by atoms with E-state index in [9.17, 15) is 0 Å². The Morgan fingerprint density at radius 2 is 1.85 bits per heavy atom.